The number of aromatic nitrogens is 1. The second-order valence-electron chi connectivity index (χ2n) is 4.69. The van der Waals surface area contributed by atoms with Crippen LogP contribution in [0.5, 0.6) is 0 Å². The lowest BCUT2D eigenvalue weighted by atomic mass is 10.1. The molecule has 1 aromatic rings. The number of nitrogens with one attached hydrogen (secondary N) is 1. The van der Waals surface area contributed by atoms with Gasteiger partial charge in [-0.2, -0.15) is 0 Å². The summed E-state index contributed by atoms with van der Waals surface area (Å²) in [6.07, 6.45) is 3.86. The van der Waals surface area contributed by atoms with Gasteiger partial charge >= 0.3 is 5.69 Å². The van der Waals surface area contributed by atoms with Crippen LogP contribution in [0.25, 0.3) is 0 Å². The molecular weight excluding hydrogens is 246 g/mol. The monoisotopic (exact) mass is 265 g/mol. The number of rotatable bonds is 5. The zero-order chi connectivity index (χ0) is 13.7. The van der Waals surface area contributed by atoms with Crippen molar-refractivity contribution < 1.29 is 4.92 Å². The van der Waals surface area contributed by atoms with Crippen LogP contribution < -0.4 is 11.1 Å². The molecule has 1 fully saturated rings. The summed E-state index contributed by atoms with van der Waals surface area (Å²) in [6.45, 7) is 4.03. The number of anilines is 2. The highest BCUT2D eigenvalue weighted by molar-refractivity contribution is 5.57. The predicted octanol–water partition coefficient (Wildman–Crippen LogP) is 1.47. The average Bonchev–Trinajstić information content (AvgIpc) is 2.39. The highest BCUT2D eigenvalue weighted by Gasteiger charge is 2.13. The van der Waals surface area contributed by atoms with Gasteiger partial charge in [-0.05, 0) is 32.0 Å². The van der Waals surface area contributed by atoms with Crippen LogP contribution in [0, 0.1) is 10.1 Å². The summed E-state index contributed by atoms with van der Waals surface area (Å²) in [4.78, 5) is 16.5. The molecule has 19 heavy (non-hydrogen) atoms. The van der Waals surface area contributed by atoms with Crippen LogP contribution >= 0.6 is 0 Å². The van der Waals surface area contributed by atoms with Crippen LogP contribution in [-0.2, 0) is 0 Å². The van der Waals surface area contributed by atoms with Crippen LogP contribution in [0.4, 0.5) is 17.3 Å². The Morgan fingerprint density at radius 2 is 2.11 bits per heavy atom. The summed E-state index contributed by atoms with van der Waals surface area (Å²) < 4.78 is 0. The van der Waals surface area contributed by atoms with Crippen LogP contribution in [0.15, 0.2) is 12.1 Å². The molecule has 2 heterocycles. The third-order valence-corrected chi connectivity index (χ3v) is 3.28. The zero-order valence-electron chi connectivity index (χ0n) is 10.8. The van der Waals surface area contributed by atoms with E-state index >= 15 is 0 Å². The molecule has 0 spiro atoms. The minimum Gasteiger partial charge on any atom is -0.378 e. The van der Waals surface area contributed by atoms with Crippen molar-refractivity contribution in [1.82, 2.24) is 9.88 Å². The van der Waals surface area contributed by atoms with Gasteiger partial charge in [-0.15, -0.1) is 0 Å². The van der Waals surface area contributed by atoms with Gasteiger partial charge in [0.05, 0.1) is 4.92 Å². The number of nitrogens with two attached hydrogens (primary N) is 1. The quantitative estimate of drug-likeness (QED) is 0.618. The van der Waals surface area contributed by atoms with Crippen molar-refractivity contribution in [2.24, 2.45) is 0 Å². The summed E-state index contributed by atoms with van der Waals surface area (Å²) >= 11 is 0. The van der Waals surface area contributed by atoms with Gasteiger partial charge in [-0.25, -0.2) is 4.98 Å². The number of nitrogen functional groups attached to an aromatic ring is 1. The first-order valence-electron chi connectivity index (χ1n) is 6.54. The van der Waals surface area contributed by atoms with Crippen molar-refractivity contribution in [3.63, 3.8) is 0 Å². The summed E-state index contributed by atoms with van der Waals surface area (Å²) in [7, 11) is 0. The molecule has 0 aliphatic carbocycles. The molecule has 0 amide bonds. The van der Waals surface area contributed by atoms with Crippen molar-refractivity contribution in [3.05, 3.63) is 22.2 Å². The summed E-state index contributed by atoms with van der Waals surface area (Å²) in [5, 5.41) is 13.8. The van der Waals surface area contributed by atoms with Gasteiger partial charge in [0, 0.05) is 19.2 Å². The van der Waals surface area contributed by atoms with Gasteiger partial charge in [0.15, 0.2) is 0 Å². The molecular formula is C12H19N5O2. The number of pyridine rings is 1. The Labute approximate surface area is 112 Å². The largest absolute Gasteiger partial charge is 0.378 e. The molecule has 104 valence electrons. The minimum absolute atomic E-state index is 0.0482. The number of hydrogen-bond acceptors (Lipinski definition) is 6. The molecule has 0 saturated carbocycles. The molecule has 1 aliphatic heterocycles. The van der Waals surface area contributed by atoms with E-state index in [0.717, 1.165) is 26.2 Å². The molecule has 1 saturated heterocycles. The third-order valence-electron chi connectivity index (χ3n) is 3.28. The van der Waals surface area contributed by atoms with Gasteiger partial charge < -0.3 is 16.0 Å². The smallest absolute Gasteiger partial charge is 0.311 e. The van der Waals surface area contributed by atoms with Crippen molar-refractivity contribution in [2.45, 2.75) is 19.3 Å². The molecule has 0 bridgehead atoms. The molecule has 0 unspecified atom stereocenters. The zero-order valence-corrected chi connectivity index (χ0v) is 10.8. The summed E-state index contributed by atoms with van der Waals surface area (Å²) in [5.74, 6) is 0.535. The van der Waals surface area contributed by atoms with E-state index in [4.69, 9.17) is 5.73 Å². The predicted molar refractivity (Wildman–Crippen MR) is 74.1 cm³/mol. The fourth-order valence-electron chi connectivity index (χ4n) is 2.25. The molecule has 3 N–H and O–H groups in total. The lowest BCUT2D eigenvalue weighted by Crippen LogP contribution is -2.33. The van der Waals surface area contributed by atoms with E-state index < -0.39 is 4.92 Å². The maximum absolute atomic E-state index is 10.6. The molecule has 0 aromatic carbocycles. The Bertz CT molecular complexity index is 446. The molecule has 0 radical (unpaired) electrons. The van der Waals surface area contributed by atoms with Gasteiger partial charge in [0.2, 0.25) is 5.82 Å². The van der Waals surface area contributed by atoms with E-state index in [-0.39, 0.29) is 11.5 Å². The number of likely N-dealkylation sites (tertiary alicyclic amines) is 1. The first-order valence-corrected chi connectivity index (χ1v) is 6.54. The molecule has 7 nitrogen and oxygen atoms in total. The fourth-order valence-corrected chi connectivity index (χ4v) is 2.25. The van der Waals surface area contributed by atoms with E-state index in [0.29, 0.717) is 5.82 Å². The summed E-state index contributed by atoms with van der Waals surface area (Å²) in [5.41, 5.74) is 5.38. The molecule has 1 aromatic heterocycles. The molecule has 1 aliphatic rings. The topological polar surface area (TPSA) is 97.3 Å². The first kappa shape index (κ1) is 13.5. The third kappa shape index (κ3) is 3.78. The number of hydrogen-bond donors (Lipinski definition) is 2. The summed E-state index contributed by atoms with van der Waals surface area (Å²) in [6, 6.07) is 2.97. The van der Waals surface area contributed by atoms with Crippen molar-refractivity contribution in [3.8, 4) is 0 Å². The second kappa shape index (κ2) is 6.33. The number of piperidine rings is 1. The van der Waals surface area contributed by atoms with Crippen molar-refractivity contribution in [2.75, 3.05) is 37.2 Å². The fraction of sp³-hybridized carbons (Fsp3) is 0.583. The van der Waals surface area contributed by atoms with Crippen molar-refractivity contribution in [1.29, 1.82) is 0 Å². The van der Waals surface area contributed by atoms with Crippen LogP contribution in [0.3, 0.4) is 0 Å². The van der Waals surface area contributed by atoms with Crippen LogP contribution in [0.2, 0.25) is 0 Å². The SMILES string of the molecule is Nc1nc(NCCN2CCCCC2)ccc1[N+](=O)[O-]. The van der Waals surface area contributed by atoms with Gasteiger partial charge in [-0.1, -0.05) is 6.42 Å². The van der Waals surface area contributed by atoms with Crippen molar-refractivity contribution >= 4 is 17.3 Å². The normalized spacial score (nSPS) is 16.2. The van der Waals surface area contributed by atoms with Crippen LogP contribution in [0.1, 0.15) is 19.3 Å². The Balaban J connectivity index is 1.82. The average molecular weight is 265 g/mol. The molecule has 0 atom stereocenters. The number of nitro groups is 1. The lowest BCUT2D eigenvalue weighted by molar-refractivity contribution is -0.384. The second-order valence-corrected chi connectivity index (χ2v) is 4.69. The maximum Gasteiger partial charge on any atom is 0.311 e. The molecule has 2 rings (SSSR count). The van der Waals surface area contributed by atoms with Crippen LogP contribution in [-0.4, -0.2) is 41.0 Å². The lowest BCUT2D eigenvalue weighted by Gasteiger charge is -2.26. The van der Waals surface area contributed by atoms with E-state index in [1.807, 2.05) is 0 Å². The van der Waals surface area contributed by atoms with E-state index in [1.165, 1.54) is 25.3 Å². The Morgan fingerprint density at radius 1 is 1.37 bits per heavy atom. The first-order chi connectivity index (χ1) is 9.16. The Hall–Kier alpha value is -1.89. The molecule has 7 heteroatoms. The maximum atomic E-state index is 10.6. The highest BCUT2D eigenvalue weighted by Crippen LogP contribution is 2.20. The van der Waals surface area contributed by atoms with Gasteiger partial charge in [-0.3, -0.25) is 10.1 Å². The van der Waals surface area contributed by atoms with E-state index in [9.17, 15) is 10.1 Å². The number of nitrogens with zero attached hydrogens (tertiary/aromatic N) is 3. The van der Waals surface area contributed by atoms with Gasteiger partial charge in [0.25, 0.3) is 0 Å². The van der Waals surface area contributed by atoms with Gasteiger partial charge in [0.1, 0.15) is 5.82 Å². The highest BCUT2D eigenvalue weighted by atomic mass is 16.6. The minimum atomic E-state index is -0.528. The standard InChI is InChI=1S/C12H19N5O2/c13-12-10(17(18)19)4-5-11(15-12)14-6-9-16-7-2-1-3-8-16/h4-5H,1-3,6-9H2,(H3,13,14,15). The van der Waals surface area contributed by atoms with E-state index in [1.54, 1.807) is 6.07 Å². The Morgan fingerprint density at radius 3 is 2.74 bits per heavy atom. The van der Waals surface area contributed by atoms with E-state index in [2.05, 4.69) is 15.2 Å². The Kier molecular flexibility index (Phi) is 4.51.